The molecule has 0 heterocycles. The van der Waals surface area contributed by atoms with Gasteiger partial charge in [-0.15, -0.1) is 0 Å². The predicted octanol–water partition coefficient (Wildman–Crippen LogP) is -0.513. The Labute approximate surface area is 116 Å². The van der Waals surface area contributed by atoms with Crippen LogP contribution < -0.4 is 17.2 Å². The van der Waals surface area contributed by atoms with E-state index in [2.05, 4.69) is 0 Å². The number of hydrogen-bond acceptors (Lipinski definition) is 4. The summed E-state index contributed by atoms with van der Waals surface area (Å²) in [5.41, 5.74) is 17.0. The zero-order chi connectivity index (χ0) is 15.3. The Kier molecular flexibility index (Phi) is 5.60. The van der Waals surface area contributed by atoms with Gasteiger partial charge in [-0.25, -0.2) is 4.39 Å². The normalized spacial score (nSPS) is 14.0. The van der Waals surface area contributed by atoms with E-state index in [1.54, 1.807) is 19.1 Å². The third-order valence-corrected chi connectivity index (χ3v) is 2.82. The summed E-state index contributed by atoms with van der Waals surface area (Å²) in [5.74, 6) is -1.58. The molecule has 0 aliphatic heterocycles. The Hall–Kier alpha value is -1.99. The maximum Gasteiger partial charge on any atom is 0.231 e. The van der Waals surface area contributed by atoms with E-state index in [-0.39, 0.29) is 18.9 Å². The molecule has 2 atom stereocenters. The Morgan fingerprint density at radius 1 is 1.15 bits per heavy atom. The van der Waals surface area contributed by atoms with Gasteiger partial charge in [0.15, 0.2) is 0 Å². The highest BCUT2D eigenvalue weighted by atomic mass is 19.1. The SMILES string of the molecule is CC(N)C(c1ccc(F)cc1)N(CC(N)=O)CC(N)=O. The van der Waals surface area contributed by atoms with Crippen LogP contribution in [0.4, 0.5) is 4.39 Å². The molecule has 2 unspecified atom stereocenters. The van der Waals surface area contributed by atoms with Gasteiger partial charge < -0.3 is 17.2 Å². The van der Waals surface area contributed by atoms with Gasteiger partial charge in [0.25, 0.3) is 0 Å². The van der Waals surface area contributed by atoms with Crippen molar-refractivity contribution in [2.45, 2.75) is 19.0 Å². The summed E-state index contributed by atoms with van der Waals surface area (Å²) in [6.45, 7) is 1.40. The highest BCUT2D eigenvalue weighted by molar-refractivity contribution is 5.79. The fourth-order valence-electron chi connectivity index (χ4n) is 2.16. The number of amides is 2. The lowest BCUT2D eigenvalue weighted by atomic mass is 9.99. The van der Waals surface area contributed by atoms with Gasteiger partial charge in [-0.3, -0.25) is 14.5 Å². The maximum atomic E-state index is 13.0. The smallest absolute Gasteiger partial charge is 0.231 e. The number of rotatable bonds is 7. The number of carbonyl (C=O) groups excluding carboxylic acids is 2. The van der Waals surface area contributed by atoms with E-state index in [0.717, 1.165) is 0 Å². The van der Waals surface area contributed by atoms with E-state index in [1.165, 1.54) is 17.0 Å². The van der Waals surface area contributed by atoms with Gasteiger partial charge in [0, 0.05) is 6.04 Å². The number of carbonyl (C=O) groups is 2. The zero-order valence-electron chi connectivity index (χ0n) is 11.3. The first-order valence-corrected chi connectivity index (χ1v) is 6.13. The van der Waals surface area contributed by atoms with E-state index in [1.807, 2.05) is 0 Å². The Morgan fingerprint density at radius 2 is 1.60 bits per heavy atom. The number of nitrogens with two attached hydrogens (primary N) is 3. The van der Waals surface area contributed by atoms with Crippen molar-refractivity contribution in [1.82, 2.24) is 4.90 Å². The Bertz CT molecular complexity index is 460. The molecule has 2 amide bonds. The number of hydrogen-bond donors (Lipinski definition) is 3. The molecule has 0 spiro atoms. The molecular weight excluding hydrogens is 263 g/mol. The second kappa shape index (κ2) is 6.97. The summed E-state index contributed by atoms with van der Waals surface area (Å²) in [4.78, 5) is 23.8. The van der Waals surface area contributed by atoms with Crippen LogP contribution in [-0.4, -0.2) is 35.8 Å². The molecule has 0 aromatic heterocycles. The molecule has 1 aromatic rings. The Morgan fingerprint density at radius 3 is 1.95 bits per heavy atom. The molecule has 0 aliphatic rings. The third kappa shape index (κ3) is 4.60. The van der Waals surface area contributed by atoms with Crippen LogP contribution >= 0.6 is 0 Å². The monoisotopic (exact) mass is 282 g/mol. The average molecular weight is 282 g/mol. The molecule has 1 rings (SSSR count). The van der Waals surface area contributed by atoms with Gasteiger partial charge in [0.2, 0.25) is 11.8 Å². The van der Waals surface area contributed by atoms with Crippen molar-refractivity contribution in [2.24, 2.45) is 17.2 Å². The van der Waals surface area contributed by atoms with Gasteiger partial charge in [0.1, 0.15) is 5.82 Å². The minimum Gasteiger partial charge on any atom is -0.369 e. The van der Waals surface area contributed by atoms with Crippen molar-refractivity contribution in [3.05, 3.63) is 35.6 Å². The van der Waals surface area contributed by atoms with Crippen LogP contribution in [0.1, 0.15) is 18.5 Å². The molecule has 7 heteroatoms. The number of primary amides is 2. The van der Waals surface area contributed by atoms with E-state index < -0.39 is 23.9 Å². The fourth-order valence-corrected chi connectivity index (χ4v) is 2.16. The van der Waals surface area contributed by atoms with Gasteiger partial charge in [-0.05, 0) is 24.6 Å². The van der Waals surface area contributed by atoms with Crippen LogP contribution in [0.2, 0.25) is 0 Å². The minimum atomic E-state index is -0.598. The summed E-state index contributed by atoms with van der Waals surface area (Å²) in [6.07, 6.45) is 0. The van der Waals surface area contributed by atoms with Crippen molar-refractivity contribution in [3.8, 4) is 0 Å². The van der Waals surface area contributed by atoms with Crippen molar-refractivity contribution in [1.29, 1.82) is 0 Å². The summed E-state index contributed by atoms with van der Waals surface area (Å²) in [5, 5.41) is 0. The van der Waals surface area contributed by atoms with Crippen molar-refractivity contribution >= 4 is 11.8 Å². The van der Waals surface area contributed by atoms with Gasteiger partial charge in [0.05, 0.1) is 19.1 Å². The van der Waals surface area contributed by atoms with E-state index in [0.29, 0.717) is 5.56 Å². The van der Waals surface area contributed by atoms with Gasteiger partial charge in [-0.1, -0.05) is 12.1 Å². The number of nitrogens with zero attached hydrogens (tertiary/aromatic N) is 1. The fraction of sp³-hybridized carbons (Fsp3) is 0.385. The summed E-state index contributed by atoms with van der Waals surface area (Å²) >= 11 is 0. The van der Waals surface area contributed by atoms with Crippen molar-refractivity contribution in [2.75, 3.05) is 13.1 Å². The molecule has 6 N–H and O–H groups in total. The highest BCUT2D eigenvalue weighted by Gasteiger charge is 2.26. The van der Waals surface area contributed by atoms with Crippen LogP contribution in [0.25, 0.3) is 0 Å². The lowest BCUT2D eigenvalue weighted by Crippen LogP contribution is -2.47. The van der Waals surface area contributed by atoms with Crippen LogP contribution in [-0.2, 0) is 9.59 Å². The summed E-state index contributed by atoms with van der Waals surface area (Å²) in [6, 6.07) is 4.82. The molecule has 6 nitrogen and oxygen atoms in total. The van der Waals surface area contributed by atoms with Crippen LogP contribution in [0.3, 0.4) is 0 Å². The first kappa shape index (κ1) is 16.1. The minimum absolute atomic E-state index is 0.160. The largest absolute Gasteiger partial charge is 0.369 e. The molecule has 0 bridgehead atoms. The molecule has 0 fully saturated rings. The van der Waals surface area contributed by atoms with Crippen molar-refractivity contribution < 1.29 is 14.0 Å². The molecule has 0 aliphatic carbocycles. The molecule has 1 aromatic carbocycles. The standard InChI is InChI=1S/C13H19FN4O2/c1-8(15)13(9-2-4-10(14)5-3-9)18(6-11(16)19)7-12(17)20/h2-5,8,13H,6-7,15H2,1H3,(H2,16,19)(H2,17,20). The predicted molar refractivity (Wildman–Crippen MR) is 72.8 cm³/mol. The zero-order valence-corrected chi connectivity index (χ0v) is 11.3. The molecule has 0 saturated carbocycles. The number of halogens is 1. The molecule has 0 saturated heterocycles. The second-order valence-corrected chi connectivity index (χ2v) is 4.69. The molecule has 20 heavy (non-hydrogen) atoms. The maximum absolute atomic E-state index is 13.0. The molecule has 110 valence electrons. The molecule has 0 radical (unpaired) electrons. The van der Waals surface area contributed by atoms with Crippen LogP contribution in [0, 0.1) is 5.82 Å². The first-order valence-electron chi connectivity index (χ1n) is 6.13. The van der Waals surface area contributed by atoms with E-state index >= 15 is 0 Å². The Balaban J connectivity index is 3.09. The lowest BCUT2D eigenvalue weighted by Gasteiger charge is -2.32. The van der Waals surface area contributed by atoms with Gasteiger partial charge >= 0.3 is 0 Å². The highest BCUT2D eigenvalue weighted by Crippen LogP contribution is 2.23. The van der Waals surface area contributed by atoms with Crippen LogP contribution in [0.15, 0.2) is 24.3 Å². The number of benzene rings is 1. The van der Waals surface area contributed by atoms with E-state index in [4.69, 9.17) is 17.2 Å². The van der Waals surface area contributed by atoms with Crippen molar-refractivity contribution in [3.63, 3.8) is 0 Å². The van der Waals surface area contributed by atoms with E-state index in [9.17, 15) is 14.0 Å². The quantitative estimate of drug-likeness (QED) is 0.624. The first-order chi connectivity index (χ1) is 9.31. The van der Waals surface area contributed by atoms with Gasteiger partial charge in [-0.2, -0.15) is 0 Å². The second-order valence-electron chi connectivity index (χ2n) is 4.69. The summed E-state index contributed by atoms with van der Waals surface area (Å²) < 4.78 is 13.0. The molecular formula is C13H19FN4O2. The average Bonchev–Trinajstić information content (AvgIpc) is 2.29. The van der Waals surface area contributed by atoms with Crippen LogP contribution in [0.5, 0.6) is 0 Å². The topological polar surface area (TPSA) is 115 Å². The summed E-state index contributed by atoms with van der Waals surface area (Å²) in [7, 11) is 0. The lowest BCUT2D eigenvalue weighted by molar-refractivity contribution is -0.123. The third-order valence-electron chi connectivity index (χ3n) is 2.82.